The van der Waals surface area contributed by atoms with Crippen LogP contribution in [0, 0.1) is 5.92 Å². The normalized spacial score (nSPS) is 13.0. The average Bonchev–Trinajstić information content (AvgIpc) is 2.47. The zero-order chi connectivity index (χ0) is 17.2. The lowest BCUT2D eigenvalue weighted by molar-refractivity contribution is -0.137. The summed E-state index contributed by atoms with van der Waals surface area (Å²) in [5.41, 5.74) is 1.82. The van der Waals surface area contributed by atoms with Crippen LogP contribution in [0.5, 0.6) is 0 Å². The summed E-state index contributed by atoms with van der Waals surface area (Å²) in [4.78, 5) is 11.3. The van der Waals surface area contributed by atoms with Crippen LogP contribution in [0.3, 0.4) is 0 Å². The van der Waals surface area contributed by atoms with Crippen LogP contribution in [0.2, 0.25) is 0 Å². The summed E-state index contributed by atoms with van der Waals surface area (Å²) < 4.78 is 26.0. The van der Waals surface area contributed by atoms with Crippen molar-refractivity contribution in [2.24, 2.45) is 5.92 Å². The van der Waals surface area contributed by atoms with Gasteiger partial charge in [0, 0.05) is 4.47 Å². The molecule has 122 valence electrons. The van der Waals surface area contributed by atoms with Crippen LogP contribution in [0.25, 0.3) is 11.1 Å². The van der Waals surface area contributed by atoms with Crippen molar-refractivity contribution >= 4 is 31.7 Å². The van der Waals surface area contributed by atoms with Gasteiger partial charge in [-0.3, -0.25) is 4.79 Å². The van der Waals surface area contributed by atoms with Crippen LogP contribution < -0.4 is 0 Å². The number of benzene rings is 2. The first-order chi connectivity index (χ1) is 10.7. The van der Waals surface area contributed by atoms with Crippen LogP contribution in [-0.4, -0.2) is 24.7 Å². The summed E-state index contributed by atoms with van der Waals surface area (Å²) in [6.07, 6.45) is 0. The van der Waals surface area contributed by atoms with Crippen molar-refractivity contribution in [3.05, 3.63) is 53.0 Å². The molecule has 0 amide bonds. The topological polar surface area (TPSA) is 71.4 Å². The Morgan fingerprint density at radius 2 is 1.39 bits per heavy atom. The molecular weight excluding hydrogens is 380 g/mol. The number of sulfone groups is 1. The van der Waals surface area contributed by atoms with Crippen molar-refractivity contribution in [3.8, 4) is 11.1 Å². The first-order valence-electron chi connectivity index (χ1n) is 7.06. The smallest absolute Gasteiger partial charge is 0.322 e. The first kappa shape index (κ1) is 17.7. The van der Waals surface area contributed by atoms with E-state index in [0.29, 0.717) is 0 Å². The number of carbonyl (C=O) groups is 1. The van der Waals surface area contributed by atoms with Crippen molar-refractivity contribution in [2.75, 3.05) is 0 Å². The van der Waals surface area contributed by atoms with E-state index in [9.17, 15) is 18.3 Å². The minimum Gasteiger partial charge on any atom is -0.480 e. The summed E-state index contributed by atoms with van der Waals surface area (Å²) >= 11 is 3.36. The third kappa shape index (κ3) is 3.82. The highest BCUT2D eigenvalue weighted by molar-refractivity contribution is 9.10. The molecular formula is C17H17BrO4S. The number of carboxylic acids is 1. The molecule has 2 rings (SSSR count). The quantitative estimate of drug-likeness (QED) is 0.828. The summed E-state index contributed by atoms with van der Waals surface area (Å²) in [5, 5.41) is 7.77. The number of rotatable bonds is 5. The van der Waals surface area contributed by atoms with E-state index in [1.165, 1.54) is 12.1 Å². The second-order valence-corrected chi connectivity index (χ2v) is 8.56. The van der Waals surface area contributed by atoms with Crippen LogP contribution in [0.1, 0.15) is 13.8 Å². The summed E-state index contributed by atoms with van der Waals surface area (Å²) in [7, 11) is -3.91. The Morgan fingerprint density at radius 1 is 0.957 bits per heavy atom. The van der Waals surface area contributed by atoms with E-state index in [-0.39, 0.29) is 4.90 Å². The molecule has 0 bridgehead atoms. The summed E-state index contributed by atoms with van der Waals surface area (Å²) in [6, 6.07) is 13.9. The van der Waals surface area contributed by atoms with Crippen molar-refractivity contribution < 1.29 is 18.3 Å². The molecule has 0 radical (unpaired) electrons. The molecule has 0 aliphatic heterocycles. The highest BCUT2D eigenvalue weighted by atomic mass is 79.9. The number of aliphatic carboxylic acids is 1. The molecule has 0 heterocycles. The molecule has 6 heteroatoms. The van der Waals surface area contributed by atoms with E-state index in [0.717, 1.165) is 15.6 Å². The van der Waals surface area contributed by atoms with Gasteiger partial charge in [0.15, 0.2) is 15.1 Å². The fourth-order valence-electron chi connectivity index (χ4n) is 2.40. The van der Waals surface area contributed by atoms with Gasteiger partial charge in [-0.15, -0.1) is 0 Å². The Balaban J connectivity index is 2.38. The number of halogens is 1. The van der Waals surface area contributed by atoms with Gasteiger partial charge in [0.25, 0.3) is 0 Å². The lowest BCUT2D eigenvalue weighted by atomic mass is 10.1. The third-order valence-electron chi connectivity index (χ3n) is 3.54. The van der Waals surface area contributed by atoms with Gasteiger partial charge in [-0.05, 0) is 41.3 Å². The second kappa shape index (κ2) is 6.84. The average molecular weight is 397 g/mol. The number of hydrogen-bond acceptors (Lipinski definition) is 3. The van der Waals surface area contributed by atoms with Crippen LogP contribution in [0.15, 0.2) is 57.9 Å². The summed E-state index contributed by atoms with van der Waals surface area (Å²) in [6.45, 7) is 3.18. The van der Waals surface area contributed by atoms with Gasteiger partial charge >= 0.3 is 5.97 Å². The van der Waals surface area contributed by atoms with Gasteiger partial charge in [-0.1, -0.05) is 54.0 Å². The Hall–Kier alpha value is -1.66. The van der Waals surface area contributed by atoms with Crippen LogP contribution >= 0.6 is 15.9 Å². The molecule has 0 aromatic heterocycles. The van der Waals surface area contributed by atoms with E-state index in [2.05, 4.69) is 15.9 Å². The van der Waals surface area contributed by atoms with Crippen LogP contribution in [-0.2, 0) is 14.6 Å². The zero-order valence-electron chi connectivity index (χ0n) is 12.7. The van der Waals surface area contributed by atoms with E-state index in [1.807, 2.05) is 24.3 Å². The van der Waals surface area contributed by atoms with Gasteiger partial charge in [0.05, 0.1) is 4.90 Å². The standard InChI is InChI=1S/C17H17BrO4S/c1-11(2)16(17(19)20)23(21,22)15-9-5-13(6-10-15)12-3-7-14(18)8-4-12/h3-11,16H,1-2H3,(H,19,20)/t16-/m0/s1. The molecule has 2 aromatic carbocycles. The molecule has 2 aromatic rings. The van der Waals surface area contributed by atoms with E-state index < -0.39 is 27.0 Å². The zero-order valence-corrected chi connectivity index (χ0v) is 15.1. The molecule has 0 saturated carbocycles. The van der Waals surface area contributed by atoms with E-state index >= 15 is 0 Å². The maximum atomic E-state index is 12.5. The van der Waals surface area contributed by atoms with Crippen LogP contribution in [0.4, 0.5) is 0 Å². The Bertz CT molecular complexity index is 793. The lowest BCUT2D eigenvalue weighted by Gasteiger charge is -2.17. The predicted molar refractivity (Wildman–Crippen MR) is 93.0 cm³/mol. The van der Waals surface area contributed by atoms with Gasteiger partial charge in [-0.25, -0.2) is 8.42 Å². The highest BCUT2D eigenvalue weighted by Gasteiger charge is 2.36. The fraction of sp³-hybridized carbons (Fsp3) is 0.235. The van der Waals surface area contributed by atoms with E-state index in [4.69, 9.17) is 0 Å². The molecule has 0 aliphatic rings. The van der Waals surface area contributed by atoms with Crippen molar-refractivity contribution in [1.29, 1.82) is 0 Å². The fourth-order valence-corrected chi connectivity index (χ4v) is 4.46. The molecule has 0 spiro atoms. The summed E-state index contributed by atoms with van der Waals surface area (Å²) in [5.74, 6) is -1.83. The third-order valence-corrected chi connectivity index (χ3v) is 6.42. The molecule has 0 aliphatic carbocycles. The molecule has 0 saturated heterocycles. The number of hydrogen-bond donors (Lipinski definition) is 1. The number of carboxylic acid groups (broad SMARTS) is 1. The molecule has 23 heavy (non-hydrogen) atoms. The minimum atomic E-state index is -3.91. The van der Waals surface area contributed by atoms with Gasteiger partial charge in [0.1, 0.15) is 0 Å². The van der Waals surface area contributed by atoms with Crippen molar-refractivity contribution in [3.63, 3.8) is 0 Å². The maximum Gasteiger partial charge on any atom is 0.322 e. The van der Waals surface area contributed by atoms with Gasteiger partial charge in [0.2, 0.25) is 0 Å². The maximum absolute atomic E-state index is 12.5. The van der Waals surface area contributed by atoms with E-state index in [1.54, 1.807) is 26.0 Å². The molecule has 1 N–H and O–H groups in total. The van der Waals surface area contributed by atoms with Gasteiger partial charge < -0.3 is 5.11 Å². The molecule has 1 atom stereocenters. The predicted octanol–water partition coefficient (Wildman–Crippen LogP) is 4.00. The van der Waals surface area contributed by atoms with Crippen molar-refractivity contribution in [2.45, 2.75) is 24.0 Å². The monoisotopic (exact) mass is 396 g/mol. The molecule has 0 fully saturated rings. The van der Waals surface area contributed by atoms with Crippen molar-refractivity contribution in [1.82, 2.24) is 0 Å². The molecule has 4 nitrogen and oxygen atoms in total. The Labute approximate surface area is 144 Å². The molecule has 0 unspecified atom stereocenters. The highest BCUT2D eigenvalue weighted by Crippen LogP contribution is 2.26. The minimum absolute atomic E-state index is 0.0273. The Kier molecular flexibility index (Phi) is 5.26. The second-order valence-electron chi connectivity index (χ2n) is 5.58. The largest absolute Gasteiger partial charge is 0.480 e. The van der Waals surface area contributed by atoms with Gasteiger partial charge in [-0.2, -0.15) is 0 Å². The first-order valence-corrected chi connectivity index (χ1v) is 9.40. The lowest BCUT2D eigenvalue weighted by Crippen LogP contribution is -2.34. The Morgan fingerprint density at radius 3 is 1.78 bits per heavy atom. The SMILES string of the molecule is CC(C)[C@@H](C(=O)O)S(=O)(=O)c1ccc(-c2ccc(Br)cc2)cc1.